The van der Waals surface area contributed by atoms with E-state index in [0.717, 1.165) is 18.5 Å². The Labute approximate surface area is 101 Å². The highest BCUT2D eigenvalue weighted by atomic mass is 16.4. The molecule has 0 radical (unpaired) electrons. The first-order chi connectivity index (χ1) is 8.13. The maximum atomic E-state index is 10.8. The maximum Gasteiger partial charge on any atom is 0.322 e. The number of hydrogen-bond acceptors (Lipinski definition) is 4. The molecule has 1 rings (SSSR count). The standard InChI is InChI=1S/C12H19N3O2/c1-13-11(12(16)17)9-15(2)7-5-10-4-3-6-14-8-10/h3-4,6,8,11,13H,5,7,9H2,1-2H3,(H,16,17). The molecule has 0 saturated carbocycles. The molecule has 0 spiro atoms. The maximum absolute atomic E-state index is 10.8. The summed E-state index contributed by atoms with van der Waals surface area (Å²) in [6, 6.07) is 3.41. The topological polar surface area (TPSA) is 65.5 Å². The molecule has 5 nitrogen and oxygen atoms in total. The number of carboxylic acids is 1. The molecule has 5 heteroatoms. The van der Waals surface area contributed by atoms with Gasteiger partial charge in [-0.3, -0.25) is 9.78 Å². The summed E-state index contributed by atoms with van der Waals surface area (Å²) in [6.07, 6.45) is 4.45. The molecular weight excluding hydrogens is 218 g/mol. The van der Waals surface area contributed by atoms with Gasteiger partial charge in [-0.05, 0) is 32.1 Å². The molecule has 1 atom stereocenters. The molecule has 0 aliphatic carbocycles. The van der Waals surface area contributed by atoms with E-state index in [9.17, 15) is 4.79 Å². The van der Waals surface area contributed by atoms with E-state index in [1.165, 1.54) is 0 Å². The van der Waals surface area contributed by atoms with Crippen LogP contribution < -0.4 is 5.32 Å². The predicted molar refractivity (Wildman–Crippen MR) is 65.9 cm³/mol. The van der Waals surface area contributed by atoms with Crippen molar-refractivity contribution in [2.24, 2.45) is 0 Å². The molecule has 1 aromatic heterocycles. The van der Waals surface area contributed by atoms with E-state index >= 15 is 0 Å². The fourth-order valence-corrected chi connectivity index (χ4v) is 1.56. The minimum atomic E-state index is -0.819. The summed E-state index contributed by atoms with van der Waals surface area (Å²) in [6.45, 7) is 1.31. The van der Waals surface area contributed by atoms with Gasteiger partial charge in [-0.25, -0.2) is 0 Å². The summed E-state index contributed by atoms with van der Waals surface area (Å²) < 4.78 is 0. The number of nitrogens with one attached hydrogen (secondary N) is 1. The first-order valence-electron chi connectivity index (χ1n) is 5.61. The lowest BCUT2D eigenvalue weighted by atomic mass is 10.2. The number of pyridine rings is 1. The molecule has 94 valence electrons. The number of carboxylic acid groups (broad SMARTS) is 1. The summed E-state index contributed by atoms with van der Waals surface area (Å²) in [4.78, 5) is 16.9. The van der Waals surface area contributed by atoms with Crippen molar-refractivity contribution in [2.75, 3.05) is 27.2 Å². The molecule has 0 aromatic carbocycles. The minimum Gasteiger partial charge on any atom is -0.480 e. The third kappa shape index (κ3) is 4.93. The number of aromatic nitrogens is 1. The highest BCUT2D eigenvalue weighted by molar-refractivity contribution is 5.73. The van der Waals surface area contributed by atoms with Gasteiger partial charge in [0.2, 0.25) is 0 Å². The third-order valence-electron chi connectivity index (χ3n) is 2.65. The molecule has 0 saturated heterocycles. The average Bonchev–Trinajstić information content (AvgIpc) is 2.34. The van der Waals surface area contributed by atoms with Gasteiger partial charge in [0.25, 0.3) is 0 Å². The van der Waals surface area contributed by atoms with Crippen LogP contribution in [0.2, 0.25) is 0 Å². The number of likely N-dealkylation sites (N-methyl/N-ethyl adjacent to an activating group) is 2. The number of rotatable bonds is 7. The zero-order chi connectivity index (χ0) is 12.7. The summed E-state index contributed by atoms with van der Waals surface area (Å²) >= 11 is 0. The first-order valence-corrected chi connectivity index (χ1v) is 5.61. The molecule has 0 aliphatic heterocycles. The van der Waals surface area contributed by atoms with Crippen LogP contribution in [0.5, 0.6) is 0 Å². The van der Waals surface area contributed by atoms with Crippen LogP contribution in [0.25, 0.3) is 0 Å². The van der Waals surface area contributed by atoms with Gasteiger partial charge in [-0.15, -0.1) is 0 Å². The van der Waals surface area contributed by atoms with Crippen molar-refractivity contribution in [3.8, 4) is 0 Å². The second kappa shape index (κ2) is 6.98. The van der Waals surface area contributed by atoms with Crippen LogP contribution in [0.1, 0.15) is 5.56 Å². The fourth-order valence-electron chi connectivity index (χ4n) is 1.56. The average molecular weight is 237 g/mol. The SMILES string of the molecule is CNC(CN(C)CCc1cccnc1)C(=O)O. The molecule has 2 N–H and O–H groups in total. The predicted octanol–water partition coefficient (Wildman–Crippen LogP) is 0.228. The molecule has 0 amide bonds. The molecule has 0 bridgehead atoms. The summed E-state index contributed by atoms with van der Waals surface area (Å²) in [7, 11) is 3.58. The number of hydrogen-bond donors (Lipinski definition) is 2. The Morgan fingerprint density at radius 1 is 1.65 bits per heavy atom. The Morgan fingerprint density at radius 3 is 2.94 bits per heavy atom. The molecule has 0 fully saturated rings. The monoisotopic (exact) mass is 237 g/mol. The van der Waals surface area contributed by atoms with Gasteiger partial charge < -0.3 is 15.3 Å². The van der Waals surface area contributed by atoms with E-state index in [2.05, 4.69) is 10.3 Å². The van der Waals surface area contributed by atoms with Crippen LogP contribution in [0.4, 0.5) is 0 Å². The van der Waals surface area contributed by atoms with Crippen molar-refractivity contribution in [1.29, 1.82) is 0 Å². The molecule has 1 unspecified atom stereocenters. The smallest absolute Gasteiger partial charge is 0.322 e. The molecular formula is C12H19N3O2. The van der Waals surface area contributed by atoms with Gasteiger partial charge in [-0.1, -0.05) is 6.07 Å². The summed E-state index contributed by atoms with van der Waals surface area (Å²) in [5.41, 5.74) is 1.16. The molecule has 17 heavy (non-hydrogen) atoms. The number of aliphatic carboxylic acids is 1. The third-order valence-corrected chi connectivity index (χ3v) is 2.65. The van der Waals surface area contributed by atoms with E-state index in [1.807, 2.05) is 30.3 Å². The van der Waals surface area contributed by atoms with Crippen molar-refractivity contribution in [1.82, 2.24) is 15.2 Å². The van der Waals surface area contributed by atoms with Gasteiger partial charge in [0.1, 0.15) is 6.04 Å². The van der Waals surface area contributed by atoms with Gasteiger partial charge in [0.15, 0.2) is 0 Å². The van der Waals surface area contributed by atoms with E-state index in [4.69, 9.17) is 5.11 Å². The zero-order valence-electron chi connectivity index (χ0n) is 10.3. The molecule has 0 aliphatic rings. The van der Waals surface area contributed by atoms with Crippen LogP contribution in [0.3, 0.4) is 0 Å². The summed E-state index contributed by atoms with van der Waals surface area (Å²) in [5, 5.41) is 11.7. The van der Waals surface area contributed by atoms with Crippen LogP contribution >= 0.6 is 0 Å². The van der Waals surface area contributed by atoms with E-state index in [0.29, 0.717) is 6.54 Å². The number of nitrogens with zero attached hydrogens (tertiary/aromatic N) is 2. The van der Waals surface area contributed by atoms with Crippen molar-refractivity contribution < 1.29 is 9.90 Å². The largest absolute Gasteiger partial charge is 0.480 e. The second-order valence-electron chi connectivity index (χ2n) is 4.05. The van der Waals surface area contributed by atoms with Crippen LogP contribution in [-0.4, -0.2) is 54.2 Å². The Kier molecular flexibility index (Phi) is 5.59. The van der Waals surface area contributed by atoms with E-state index < -0.39 is 12.0 Å². The van der Waals surface area contributed by atoms with E-state index in [-0.39, 0.29) is 0 Å². The van der Waals surface area contributed by atoms with Gasteiger partial charge in [-0.2, -0.15) is 0 Å². The summed E-state index contributed by atoms with van der Waals surface area (Å²) in [5.74, 6) is -0.819. The van der Waals surface area contributed by atoms with Gasteiger partial charge in [0.05, 0.1) is 0 Å². The fraction of sp³-hybridized carbons (Fsp3) is 0.500. The van der Waals surface area contributed by atoms with Crippen LogP contribution in [0.15, 0.2) is 24.5 Å². The highest BCUT2D eigenvalue weighted by Crippen LogP contribution is 1.99. The van der Waals surface area contributed by atoms with Crippen LogP contribution in [-0.2, 0) is 11.2 Å². The lowest BCUT2D eigenvalue weighted by Gasteiger charge is -2.20. The quantitative estimate of drug-likeness (QED) is 0.710. The lowest BCUT2D eigenvalue weighted by molar-refractivity contribution is -0.139. The Balaban J connectivity index is 2.34. The zero-order valence-corrected chi connectivity index (χ0v) is 10.3. The second-order valence-corrected chi connectivity index (χ2v) is 4.05. The normalized spacial score (nSPS) is 12.6. The van der Waals surface area contributed by atoms with Crippen molar-refractivity contribution in [3.63, 3.8) is 0 Å². The Morgan fingerprint density at radius 2 is 2.41 bits per heavy atom. The van der Waals surface area contributed by atoms with Crippen molar-refractivity contribution >= 4 is 5.97 Å². The van der Waals surface area contributed by atoms with Crippen molar-refractivity contribution in [2.45, 2.75) is 12.5 Å². The Bertz CT molecular complexity index is 343. The van der Waals surface area contributed by atoms with Gasteiger partial charge in [0, 0.05) is 25.5 Å². The lowest BCUT2D eigenvalue weighted by Crippen LogP contribution is -2.43. The van der Waals surface area contributed by atoms with E-state index in [1.54, 1.807) is 13.2 Å². The molecule has 1 heterocycles. The Hall–Kier alpha value is -1.46. The molecule has 1 aromatic rings. The highest BCUT2D eigenvalue weighted by Gasteiger charge is 2.16. The van der Waals surface area contributed by atoms with Gasteiger partial charge >= 0.3 is 5.97 Å². The number of carbonyl (C=O) groups is 1. The first kappa shape index (κ1) is 13.6. The van der Waals surface area contributed by atoms with Crippen molar-refractivity contribution in [3.05, 3.63) is 30.1 Å². The minimum absolute atomic E-state index is 0.492. The van der Waals surface area contributed by atoms with Crippen LogP contribution in [0, 0.1) is 0 Å².